The molecule has 0 spiro atoms. The quantitative estimate of drug-likeness (QED) is 0.217. The molecule has 0 atom stereocenters. The first-order chi connectivity index (χ1) is 16.2. The minimum Gasteiger partial charge on any atom is -0.494 e. The largest absolute Gasteiger partial charge is 0.494 e. The second-order valence-electron chi connectivity index (χ2n) is 6.57. The van der Waals surface area contributed by atoms with Gasteiger partial charge in [-0.15, -0.1) is 16.9 Å². The van der Waals surface area contributed by atoms with Crippen molar-refractivity contribution in [1.29, 1.82) is 0 Å². The second-order valence-corrected chi connectivity index (χ2v) is 7.62. The van der Waals surface area contributed by atoms with E-state index in [0.717, 1.165) is 16.2 Å². The lowest BCUT2D eigenvalue weighted by molar-refractivity contribution is 0.0949. The topological polar surface area (TPSA) is 146 Å². The number of carbonyl (C=O) groups excluding carboxylic acids is 1. The fraction of sp³-hybridized carbons (Fsp3) is 0.143. The van der Waals surface area contributed by atoms with Crippen LogP contribution < -0.4 is 15.9 Å². The molecular weight excluding hydrogens is 444 g/mol. The Bertz CT molecular complexity index is 1240. The van der Waals surface area contributed by atoms with E-state index in [1.165, 1.54) is 22.7 Å². The number of aromatic nitrogens is 5. The van der Waals surface area contributed by atoms with Crippen LogP contribution in [0, 0.1) is 0 Å². The minimum atomic E-state index is -0.526. The van der Waals surface area contributed by atoms with Crippen LogP contribution in [0.25, 0.3) is 5.82 Å². The third-order valence-corrected chi connectivity index (χ3v) is 5.39. The van der Waals surface area contributed by atoms with E-state index < -0.39 is 5.91 Å². The summed E-state index contributed by atoms with van der Waals surface area (Å²) in [7, 11) is 0. The molecule has 1 amide bonds. The number of rotatable bonds is 9. The number of amides is 1. The summed E-state index contributed by atoms with van der Waals surface area (Å²) in [4.78, 5) is 13.8. The van der Waals surface area contributed by atoms with Crippen LogP contribution in [-0.2, 0) is 5.75 Å². The molecule has 12 heteroatoms. The predicted molar refractivity (Wildman–Crippen MR) is 122 cm³/mol. The summed E-state index contributed by atoms with van der Waals surface area (Å²) in [5.74, 6) is 0.795. The molecule has 0 aliphatic heterocycles. The lowest BCUT2D eigenvalue weighted by Crippen LogP contribution is -2.20. The number of nitrogen functional groups attached to an aromatic ring is 1. The number of nitrogens with one attached hydrogen (secondary N) is 1. The van der Waals surface area contributed by atoms with Crippen molar-refractivity contribution in [2.45, 2.75) is 17.6 Å². The number of hydrogen-bond acceptors (Lipinski definition) is 10. The number of thioether (sulfide) groups is 1. The number of hydrazone groups is 1. The second kappa shape index (κ2) is 10.4. The van der Waals surface area contributed by atoms with E-state index in [4.69, 9.17) is 10.5 Å². The molecule has 2 aromatic carbocycles. The Labute approximate surface area is 193 Å². The van der Waals surface area contributed by atoms with Crippen molar-refractivity contribution in [2.75, 3.05) is 12.3 Å². The maximum Gasteiger partial charge on any atom is 0.293 e. The first-order valence-electron chi connectivity index (χ1n) is 9.92. The van der Waals surface area contributed by atoms with Gasteiger partial charge in [0.05, 0.1) is 18.5 Å². The zero-order chi connectivity index (χ0) is 23.0. The van der Waals surface area contributed by atoms with Gasteiger partial charge in [0, 0.05) is 10.6 Å². The SMILES string of the molecule is CCOc1ccc(C=NNC(=O)c2nnn(-c3nonc3N)c2CSc2ccccc2)cc1. The maximum absolute atomic E-state index is 12.8. The van der Waals surface area contributed by atoms with Crippen molar-refractivity contribution < 1.29 is 14.2 Å². The average molecular weight is 465 g/mol. The highest BCUT2D eigenvalue weighted by atomic mass is 32.2. The van der Waals surface area contributed by atoms with Gasteiger partial charge in [-0.05, 0) is 59.2 Å². The zero-order valence-electron chi connectivity index (χ0n) is 17.6. The third-order valence-electron chi connectivity index (χ3n) is 4.36. The lowest BCUT2D eigenvalue weighted by atomic mass is 10.2. The smallest absolute Gasteiger partial charge is 0.293 e. The summed E-state index contributed by atoms with van der Waals surface area (Å²) in [5.41, 5.74) is 9.65. The number of carbonyl (C=O) groups is 1. The van der Waals surface area contributed by atoms with Gasteiger partial charge in [0.2, 0.25) is 11.6 Å². The van der Waals surface area contributed by atoms with Crippen LogP contribution in [0.15, 0.2) is 69.2 Å². The Balaban J connectivity index is 1.52. The molecule has 0 radical (unpaired) electrons. The Kier molecular flexibility index (Phi) is 6.95. The number of ether oxygens (including phenoxy) is 1. The van der Waals surface area contributed by atoms with Gasteiger partial charge in [0.25, 0.3) is 5.91 Å². The molecule has 0 aliphatic rings. The molecule has 4 aromatic rings. The highest BCUT2D eigenvalue weighted by Crippen LogP contribution is 2.25. The minimum absolute atomic E-state index is 0.0336. The normalized spacial score (nSPS) is 11.1. The lowest BCUT2D eigenvalue weighted by Gasteiger charge is -2.06. The van der Waals surface area contributed by atoms with Gasteiger partial charge in [-0.1, -0.05) is 23.4 Å². The summed E-state index contributed by atoms with van der Waals surface area (Å²) in [6.07, 6.45) is 1.52. The average Bonchev–Trinajstić information content (AvgIpc) is 3.45. The maximum atomic E-state index is 12.8. The number of hydrogen-bond donors (Lipinski definition) is 2. The van der Waals surface area contributed by atoms with E-state index in [2.05, 4.69) is 35.8 Å². The molecule has 0 aliphatic carbocycles. The van der Waals surface area contributed by atoms with Gasteiger partial charge in [0.15, 0.2) is 5.69 Å². The summed E-state index contributed by atoms with van der Waals surface area (Å²) < 4.78 is 11.4. The standard InChI is InChI=1S/C21H20N8O3S/c1-2-31-15-10-8-14(9-11-15)12-23-25-21(30)18-17(13-33-16-6-4-3-5-7-16)29(28-24-18)20-19(22)26-32-27-20/h3-12H,2,13H2,1H3,(H2,22,26)(H,25,30). The molecule has 33 heavy (non-hydrogen) atoms. The highest BCUT2D eigenvalue weighted by molar-refractivity contribution is 7.98. The zero-order valence-corrected chi connectivity index (χ0v) is 18.4. The first kappa shape index (κ1) is 22.0. The van der Waals surface area contributed by atoms with Crippen LogP contribution in [0.4, 0.5) is 5.82 Å². The summed E-state index contributed by atoms with van der Waals surface area (Å²) in [6.45, 7) is 2.51. The number of nitrogens with two attached hydrogens (primary N) is 1. The Morgan fingerprint density at radius 2 is 2.00 bits per heavy atom. The number of benzene rings is 2. The van der Waals surface area contributed by atoms with E-state index in [-0.39, 0.29) is 17.3 Å². The van der Waals surface area contributed by atoms with E-state index >= 15 is 0 Å². The molecule has 0 fully saturated rings. The molecule has 168 valence electrons. The number of anilines is 1. The van der Waals surface area contributed by atoms with Crippen LogP contribution >= 0.6 is 11.8 Å². The molecule has 0 saturated heterocycles. The van der Waals surface area contributed by atoms with Crippen molar-refractivity contribution in [3.63, 3.8) is 0 Å². The summed E-state index contributed by atoms with van der Waals surface area (Å²) >= 11 is 1.50. The van der Waals surface area contributed by atoms with E-state index in [1.54, 1.807) is 0 Å². The van der Waals surface area contributed by atoms with Gasteiger partial charge in [-0.25, -0.2) is 10.1 Å². The van der Waals surface area contributed by atoms with Crippen LogP contribution in [0.5, 0.6) is 5.75 Å². The first-order valence-corrected chi connectivity index (χ1v) is 10.9. The summed E-state index contributed by atoms with van der Waals surface area (Å²) in [6, 6.07) is 17.0. The number of nitrogens with zero attached hydrogens (tertiary/aromatic N) is 6. The molecule has 4 rings (SSSR count). The molecule has 2 aromatic heterocycles. The van der Waals surface area contributed by atoms with Crippen LogP contribution in [0.3, 0.4) is 0 Å². The predicted octanol–water partition coefficient (Wildman–Crippen LogP) is 2.69. The van der Waals surface area contributed by atoms with Crippen molar-refractivity contribution in [3.05, 3.63) is 71.5 Å². The van der Waals surface area contributed by atoms with Crippen molar-refractivity contribution in [1.82, 2.24) is 30.7 Å². The molecule has 0 bridgehead atoms. The Morgan fingerprint density at radius 3 is 2.70 bits per heavy atom. The highest BCUT2D eigenvalue weighted by Gasteiger charge is 2.24. The third kappa shape index (κ3) is 5.36. The van der Waals surface area contributed by atoms with Crippen LogP contribution in [0.1, 0.15) is 28.7 Å². The van der Waals surface area contributed by atoms with Crippen molar-refractivity contribution >= 4 is 29.7 Å². The molecular formula is C21H20N8O3S. The van der Waals surface area contributed by atoms with Crippen LogP contribution in [0.2, 0.25) is 0 Å². The van der Waals surface area contributed by atoms with Gasteiger partial charge in [0.1, 0.15) is 5.75 Å². The van der Waals surface area contributed by atoms with Crippen molar-refractivity contribution in [2.24, 2.45) is 5.10 Å². The van der Waals surface area contributed by atoms with Crippen LogP contribution in [-0.4, -0.2) is 44.0 Å². The monoisotopic (exact) mass is 464 g/mol. The molecule has 0 unspecified atom stereocenters. The fourth-order valence-corrected chi connectivity index (χ4v) is 3.73. The molecule has 11 nitrogen and oxygen atoms in total. The Hall–Kier alpha value is -4.19. The van der Waals surface area contributed by atoms with Gasteiger partial charge in [-0.3, -0.25) is 4.79 Å². The van der Waals surface area contributed by atoms with E-state index in [1.807, 2.05) is 61.5 Å². The van der Waals surface area contributed by atoms with E-state index in [0.29, 0.717) is 18.1 Å². The Morgan fingerprint density at radius 1 is 1.21 bits per heavy atom. The van der Waals surface area contributed by atoms with Gasteiger partial charge < -0.3 is 10.5 Å². The van der Waals surface area contributed by atoms with Gasteiger partial charge in [-0.2, -0.15) is 9.78 Å². The van der Waals surface area contributed by atoms with Gasteiger partial charge >= 0.3 is 0 Å². The molecule has 3 N–H and O–H groups in total. The van der Waals surface area contributed by atoms with E-state index in [9.17, 15) is 4.79 Å². The van der Waals surface area contributed by atoms with Crippen molar-refractivity contribution in [3.8, 4) is 11.6 Å². The summed E-state index contributed by atoms with van der Waals surface area (Å²) in [5, 5.41) is 19.4. The molecule has 0 saturated carbocycles. The molecule has 2 heterocycles. The fourth-order valence-electron chi connectivity index (χ4n) is 2.82.